The average Bonchev–Trinajstić information content (AvgIpc) is 2.11. The molecule has 1 fully saturated rings. The first kappa shape index (κ1) is 9.09. The van der Waals surface area contributed by atoms with E-state index in [1.165, 1.54) is 25.7 Å². The second kappa shape index (κ2) is 3.16. The molecule has 0 aliphatic heterocycles. The third-order valence-corrected chi connectivity index (χ3v) is 3.45. The molecule has 0 aromatic heterocycles. The number of rotatable bonds is 2. The first-order valence-corrected chi connectivity index (χ1v) is 5.04. The van der Waals surface area contributed by atoms with Crippen molar-refractivity contribution in [2.75, 3.05) is 0 Å². The first-order chi connectivity index (χ1) is 5.04. The summed E-state index contributed by atoms with van der Waals surface area (Å²) >= 11 is 0. The van der Waals surface area contributed by atoms with Crippen molar-refractivity contribution in [2.24, 2.45) is 17.3 Å². The number of hydrogen-bond acceptors (Lipinski definition) is 0. The van der Waals surface area contributed by atoms with Crippen molar-refractivity contribution in [1.82, 2.24) is 0 Å². The van der Waals surface area contributed by atoms with E-state index in [1.807, 2.05) is 0 Å². The molecule has 0 saturated heterocycles. The van der Waals surface area contributed by atoms with Gasteiger partial charge in [0, 0.05) is 0 Å². The Bertz CT molecular complexity index is 126. The van der Waals surface area contributed by atoms with Gasteiger partial charge in [-0.3, -0.25) is 0 Å². The van der Waals surface area contributed by atoms with Crippen molar-refractivity contribution in [3.05, 3.63) is 0 Å². The first-order valence-electron chi connectivity index (χ1n) is 5.04. The highest BCUT2D eigenvalue weighted by molar-refractivity contribution is 4.86. The van der Waals surface area contributed by atoms with Crippen molar-refractivity contribution >= 4 is 0 Å². The minimum atomic E-state index is 0.675. The molecule has 66 valence electrons. The molecule has 0 heteroatoms. The van der Waals surface area contributed by atoms with Gasteiger partial charge in [0.05, 0.1) is 0 Å². The van der Waals surface area contributed by atoms with E-state index in [4.69, 9.17) is 0 Å². The zero-order chi connectivity index (χ0) is 8.48. The predicted octanol–water partition coefficient (Wildman–Crippen LogP) is 3.86. The predicted molar refractivity (Wildman–Crippen MR) is 50.6 cm³/mol. The van der Waals surface area contributed by atoms with E-state index in [1.54, 1.807) is 0 Å². The zero-order valence-corrected chi connectivity index (χ0v) is 8.48. The molecule has 11 heavy (non-hydrogen) atoms. The van der Waals surface area contributed by atoms with Crippen LogP contribution in [-0.4, -0.2) is 0 Å². The third-order valence-electron chi connectivity index (χ3n) is 3.45. The molecular formula is C11H22. The molecule has 1 rings (SSSR count). The minimum Gasteiger partial charge on any atom is -0.0628 e. The van der Waals surface area contributed by atoms with Crippen LogP contribution in [0.4, 0.5) is 0 Å². The van der Waals surface area contributed by atoms with Crippen LogP contribution in [0.5, 0.6) is 0 Å². The molecular weight excluding hydrogens is 132 g/mol. The lowest BCUT2D eigenvalue weighted by molar-refractivity contribution is 0.196. The molecule has 0 heterocycles. The highest BCUT2D eigenvalue weighted by Crippen LogP contribution is 2.46. The van der Waals surface area contributed by atoms with Crippen LogP contribution in [0.15, 0.2) is 0 Å². The maximum Gasteiger partial charge on any atom is -0.0298 e. The summed E-state index contributed by atoms with van der Waals surface area (Å²) in [6, 6.07) is 0. The second-order valence-corrected chi connectivity index (χ2v) is 5.05. The van der Waals surface area contributed by atoms with Crippen LogP contribution >= 0.6 is 0 Å². The van der Waals surface area contributed by atoms with Gasteiger partial charge in [-0.25, -0.2) is 0 Å². The Morgan fingerprint density at radius 3 is 2.45 bits per heavy atom. The summed E-state index contributed by atoms with van der Waals surface area (Å²) in [5, 5.41) is 0. The van der Waals surface area contributed by atoms with Crippen LogP contribution in [0, 0.1) is 17.3 Å². The van der Waals surface area contributed by atoms with E-state index in [2.05, 4.69) is 27.7 Å². The summed E-state index contributed by atoms with van der Waals surface area (Å²) in [4.78, 5) is 0. The maximum atomic E-state index is 2.48. The largest absolute Gasteiger partial charge is 0.0628 e. The second-order valence-electron chi connectivity index (χ2n) is 5.05. The van der Waals surface area contributed by atoms with Gasteiger partial charge < -0.3 is 0 Å². The topological polar surface area (TPSA) is 0 Å². The SMILES string of the molecule is CC(C)CC1(C)CCCC1C. The van der Waals surface area contributed by atoms with Gasteiger partial charge in [-0.05, 0) is 30.1 Å². The van der Waals surface area contributed by atoms with E-state index in [9.17, 15) is 0 Å². The van der Waals surface area contributed by atoms with Gasteiger partial charge in [0.15, 0.2) is 0 Å². The molecule has 0 aromatic carbocycles. The quantitative estimate of drug-likeness (QED) is 0.566. The summed E-state index contributed by atoms with van der Waals surface area (Å²) in [6.07, 6.45) is 5.81. The minimum absolute atomic E-state index is 0.675. The van der Waals surface area contributed by atoms with Crippen LogP contribution in [-0.2, 0) is 0 Å². The summed E-state index contributed by atoms with van der Waals surface area (Å²) in [6.45, 7) is 9.59. The van der Waals surface area contributed by atoms with Crippen molar-refractivity contribution in [1.29, 1.82) is 0 Å². The van der Waals surface area contributed by atoms with Crippen molar-refractivity contribution in [3.8, 4) is 0 Å². The Labute approximate surface area is 71.4 Å². The third kappa shape index (κ3) is 1.98. The molecule has 2 unspecified atom stereocenters. The van der Waals surface area contributed by atoms with Gasteiger partial charge in [-0.1, -0.05) is 40.5 Å². The lowest BCUT2D eigenvalue weighted by Crippen LogP contribution is -2.21. The highest BCUT2D eigenvalue weighted by atomic mass is 14.4. The molecule has 0 amide bonds. The van der Waals surface area contributed by atoms with E-state index >= 15 is 0 Å². The summed E-state index contributed by atoms with van der Waals surface area (Å²) < 4.78 is 0. The molecule has 0 radical (unpaired) electrons. The molecule has 1 saturated carbocycles. The Balaban J connectivity index is 2.51. The lowest BCUT2D eigenvalue weighted by atomic mass is 9.75. The van der Waals surface area contributed by atoms with Crippen LogP contribution in [0.2, 0.25) is 0 Å². The Morgan fingerprint density at radius 2 is 2.09 bits per heavy atom. The number of hydrogen-bond donors (Lipinski definition) is 0. The van der Waals surface area contributed by atoms with Crippen molar-refractivity contribution in [3.63, 3.8) is 0 Å². The van der Waals surface area contributed by atoms with E-state index in [0.717, 1.165) is 11.8 Å². The van der Waals surface area contributed by atoms with Gasteiger partial charge in [-0.15, -0.1) is 0 Å². The molecule has 2 atom stereocenters. The fourth-order valence-electron chi connectivity index (χ4n) is 2.64. The Kier molecular flexibility index (Phi) is 2.61. The van der Waals surface area contributed by atoms with Crippen molar-refractivity contribution < 1.29 is 0 Å². The van der Waals surface area contributed by atoms with Crippen LogP contribution < -0.4 is 0 Å². The van der Waals surface area contributed by atoms with Gasteiger partial charge in [0.1, 0.15) is 0 Å². The van der Waals surface area contributed by atoms with E-state index in [0.29, 0.717) is 5.41 Å². The Hall–Kier alpha value is 0. The lowest BCUT2D eigenvalue weighted by Gasteiger charge is -2.31. The van der Waals surface area contributed by atoms with Gasteiger partial charge in [0.25, 0.3) is 0 Å². The molecule has 1 aliphatic rings. The molecule has 0 bridgehead atoms. The highest BCUT2D eigenvalue weighted by Gasteiger charge is 2.35. The standard InChI is InChI=1S/C11H22/c1-9(2)8-11(4)7-5-6-10(11)3/h9-10H,5-8H2,1-4H3. The summed E-state index contributed by atoms with van der Waals surface area (Å²) in [5.74, 6) is 1.84. The maximum absolute atomic E-state index is 2.48. The fraction of sp³-hybridized carbons (Fsp3) is 1.00. The normalized spacial score (nSPS) is 38.5. The Morgan fingerprint density at radius 1 is 1.45 bits per heavy atom. The van der Waals surface area contributed by atoms with E-state index in [-0.39, 0.29) is 0 Å². The average molecular weight is 154 g/mol. The molecule has 0 spiro atoms. The van der Waals surface area contributed by atoms with Crippen LogP contribution in [0.3, 0.4) is 0 Å². The van der Waals surface area contributed by atoms with Crippen LogP contribution in [0.25, 0.3) is 0 Å². The summed E-state index contributed by atoms with van der Waals surface area (Å²) in [5.41, 5.74) is 0.675. The molecule has 0 aromatic rings. The summed E-state index contributed by atoms with van der Waals surface area (Å²) in [7, 11) is 0. The smallest absolute Gasteiger partial charge is 0.0298 e. The molecule has 0 N–H and O–H groups in total. The van der Waals surface area contributed by atoms with Gasteiger partial charge in [-0.2, -0.15) is 0 Å². The van der Waals surface area contributed by atoms with E-state index < -0.39 is 0 Å². The van der Waals surface area contributed by atoms with Crippen molar-refractivity contribution in [2.45, 2.75) is 53.4 Å². The molecule has 0 nitrogen and oxygen atoms in total. The monoisotopic (exact) mass is 154 g/mol. The van der Waals surface area contributed by atoms with Gasteiger partial charge >= 0.3 is 0 Å². The van der Waals surface area contributed by atoms with Gasteiger partial charge in [0.2, 0.25) is 0 Å². The zero-order valence-electron chi connectivity index (χ0n) is 8.48. The van der Waals surface area contributed by atoms with Crippen LogP contribution in [0.1, 0.15) is 53.4 Å². The molecule has 1 aliphatic carbocycles. The fourth-order valence-corrected chi connectivity index (χ4v) is 2.64.